The van der Waals surface area contributed by atoms with Crippen LogP contribution in [0, 0.1) is 17.3 Å². The van der Waals surface area contributed by atoms with Gasteiger partial charge in [-0.05, 0) is 37.0 Å². The van der Waals surface area contributed by atoms with E-state index in [1.54, 1.807) is 0 Å². The van der Waals surface area contributed by atoms with Gasteiger partial charge in [-0.1, -0.05) is 32.9 Å². The fraction of sp³-hybridized carbons (Fsp3) is 0.818. The summed E-state index contributed by atoms with van der Waals surface area (Å²) >= 11 is 0. The van der Waals surface area contributed by atoms with Gasteiger partial charge in [0.2, 0.25) is 0 Å². The van der Waals surface area contributed by atoms with Crippen molar-refractivity contribution in [3.63, 3.8) is 0 Å². The summed E-state index contributed by atoms with van der Waals surface area (Å²) in [4.78, 5) is 0. The van der Waals surface area contributed by atoms with Gasteiger partial charge in [0.05, 0.1) is 0 Å². The minimum absolute atomic E-state index is 0.494. The quantitative estimate of drug-likeness (QED) is 0.503. The second kappa shape index (κ2) is 3.00. The van der Waals surface area contributed by atoms with Crippen LogP contribution in [0.3, 0.4) is 0 Å². The first-order valence-electron chi connectivity index (χ1n) is 4.72. The van der Waals surface area contributed by atoms with Gasteiger partial charge < -0.3 is 0 Å². The van der Waals surface area contributed by atoms with E-state index in [2.05, 4.69) is 39.8 Å². The third kappa shape index (κ3) is 1.66. The average Bonchev–Trinajstić information content (AvgIpc) is 2.08. The first-order chi connectivity index (χ1) is 5.08. The maximum absolute atomic E-state index is 2.39. The van der Waals surface area contributed by atoms with Crippen LogP contribution in [0.25, 0.3) is 0 Å². The Morgan fingerprint density at radius 1 is 1.36 bits per heavy atom. The van der Waals surface area contributed by atoms with Crippen molar-refractivity contribution in [3.8, 4) is 0 Å². The Kier molecular flexibility index (Phi) is 2.41. The zero-order chi connectivity index (χ0) is 8.48. The average molecular weight is 152 g/mol. The molecule has 0 spiro atoms. The fourth-order valence-corrected chi connectivity index (χ4v) is 2.52. The standard InChI is InChI=1S/C11H20/c1-5-6-11(4)8-9(2)7-10(11)3/h5-6,9-10H,7-8H2,1-4H3. The molecule has 3 unspecified atom stereocenters. The van der Waals surface area contributed by atoms with Crippen LogP contribution >= 0.6 is 0 Å². The maximum atomic E-state index is 2.39. The summed E-state index contributed by atoms with van der Waals surface area (Å²) in [7, 11) is 0. The molecule has 3 atom stereocenters. The van der Waals surface area contributed by atoms with Crippen LogP contribution in [0.15, 0.2) is 12.2 Å². The summed E-state index contributed by atoms with van der Waals surface area (Å²) in [6.45, 7) is 9.26. The molecule has 1 fully saturated rings. The largest absolute Gasteiger partial charge is 0.0911 e. The van der Waals surface area contributed by atoms with Gasteiger partial charge in [0, 0.05) is 0 Å². The monoisotopic (exact) mass is 152 g/mol. The van der Waals surface area contributed by atoms with Crippen LogP contribution in [-0.2, 0) is 0 Å². The van der Waals surface area contributed by atoms with E-state index in [-0.39, 0.29) is 0 Å². The second-order valence-electron chi connectivity index (χ2n) is 4.45. The molecule has 11 heavy (non-hydrogen) atoms. The van der Waals surface area contributed by atoms with Crippen molar-refractivity contribution in [2.75, 3.05) is 0 Å². The van der Waals surface area contributed by atoms with Crippen molar-refractivity contribution in [2.45, 2.75) is 40.5 Å². The first kappa shape index (κ1) is 8.83. The highest BCUT2D eigenvalue weighted by Gasteiger charge is 2.36. The molecule has 1 aliphatic carbocycles. The summed E-state index contributed by atoms with van der Waals surface area (Å²) in [5.74, 6) is 1.79. The number of allylic oxidation sites excluding steroid dienone is 2. The summed E-state index contributed by atoms with van der Waals surface area (Å²) in [5.41, 5.74) is 0.494. The summed E-state index contributed by atoms with van der Waals surface area (Å²) < 4.78 is 0. The Labute approximate surface area is 70.7 Å². The summed E-state index contributed by atoms with van der Waals surface area (Å²) in [6.07, 6.45) is 7.37. The Bertz CT molecular complexity index is 157. The second-order valence-corrected chi connectivity index (χ2v) is 4.45. The van der Waals surface area contributed by atoms with E-state index in [1.807, 2.05) is 0 Å². The molecular formula is C11H20. The third-order valence-corrected chi connectivity index (χ3v) is 3.22. The molecule has 1 rings (SSSR count). The molecule has 0 heterocycles. The fourth-order valence-electron chi connectivity index (χ4n) is 2.52. The van der Waals surface area contributed by atoms with E-state index in [9.17, 15) is 0 Å². The van der Waals surface area contributed by atoms with Crippen LogP contribution in [0.4, 0.5) is 0 Å². The molecule has 0 amide bonds. The highest BCUT2D eigenvalue weighted by Crippen LogP contribution is 2.46. The van der Waals surface area contributed by atoms with E-state index in [1.165, 1.54) is 12.8 Å². The van der Waals surface area contributed by atoms with Crippen LogP contribution < -0.4 is 0 Å². The molecule has 64 valence electrons. The molecule has 0 radical (unpaired) electrons. The molecule has 0 N–H and O–H groups in total. The van der Waals surface area contributed by atoms with Gasteiger partial charge in [-0.25, -0.2) is 0 Å². The molecule has 0 bridgehead atoms. The van der Waals surface area contributed by atoms with Gasteiger partial charge in [0.15, 0.2) is 0 Å². The van der Waals surface area contributed by atoms with Crippen LogP contribution in [0.1, 0.15) is 40.5 Å². The smallest absolute Gasteiger partial charge is 0.0118 e. The lowest BCUT2D eigenvalue weighted by atomic mass is 9.80. The number of hydrogen-bond donors (Lipinski definition) is 0. The van der Waals surface area contributed by atoms with Crippen molar-refractivity contribution in [1.29, 1.82) is 0 Å². The SMILES string of the molecule is CC=CC1(C)CC(C)CC1C. The molecule has 0 saturated heterocycles. The summed E-state index contributed by atoms with van der Waals surface area (Å²) in [6, 6.07) is 0. The van der Waals surface area contributed by atoms with Crippen LogP contribution in [0.5, 0.6) is 0 Å². The van der Waals surface area contributed by atoms with Gasteiger partial charge in [-0.15, -0.1) is 0 Å². The van der Waals surface area contributed by atoms with Crippen LogP contribution in [0.2, 0.25) is 0 Å². The number of rotatable bonds is 1. The molecule has 0 aliphatic heterocycles. The highest BCUT2D eigenvalue weighted by atomic mass is 14.4. The van der Waals surface area contributed by atoms with Crippen molar-refractivity contribution in [3.05, 3.63) is 12.2 Å². The molecule has 0 nitrogen and oxygen atoms in total. The van der Waals surface area contributed by atoms with E-state index in [0.717, 1.165) is 11.8 Å². The minimum Gasteiger partial charge on any atom is -0.0911 e. The topological polar surface area (TPSA) is 0 Å². The van der Waals surface area contributed by atoms with Gasteiger partial charge in [0.25, 0.3) is 0 Å². The Morgan fingerprint density at radius 2 is 2.00 bits per heavy atom. The van der Waals surface area contributed by atoms with Crippen molar-refractivity contribution in [1.82, 2.24) is 0 Å². The number of hydrogen-bond acceptors (Lipinski definition) is 0. The lowest BCUT2D eigenvalue weighted by Gasteiger charge is -2.24. The zero-order valence-corrected chi connectivity index (χ0v) is 8.22. The molecule has 0 aromatic carbocycles. The van der Waals surface area contributed by atoms with E-state index >= 15 is 0 Å². The van der Waals surface area contributed by atoms with Gasteiger partial charge in [-0.3, -0.25) is 0 Å². The molecule has 0 aromatic heterocycles. The first-order valence-corrected chi connectivity index (χ1v) is 4.72. The van der Waals surface area contributed by atoms with Gasteiger partial charge in [0.1, 0.15) is 0 Å². The van der Waals surface area contributed by atoms with Crippen molar-refractivity contribution < 1.29 is 0 Å². The Morgan fingerprint density at radius 3 is 2.36 bits per heavy atom. The van der Waals surface area contributed by atoms with Crippen molar-refractivity contribution in [2.24, 2.45) is 17.3 Å². The predicted octanol–water partition coefficient (Wildman–Crippen LogP) is 3.63. The van der Waals surface area contributed by atoms with E-state index in [4.69, 9.17) is 0 Å². The lowest BCUT2D eigenvalue weighted by molar-refractivity contribution is 0.329. The Balaban J connectivity index is 2.70. The van der Waals surface area contributed by atoms with Gasteiger partial charge >= 0.3 is 0 Å². The van der Waals surface area contributed by atoms with E-state index in [0.29, 0.717) is 5.41 Å². The molecule has 0 heteroatoms. The normalized spacial score (nSPS) is 45.5. The van der Waals surface area contributed by atoms with Crippen molar-refractivity contribution >= 4 is 0 Å². The highest BCUT2D eigenvalue weighted by molar-refractivity contribution is 5.03. The maximum Gasteiger partial charge on any atom is -0.0118 e. The van der Waals surface area contributed by atoms with Crippen LogP contribution in [-0.4, -0.2) is 0 Å². The zero-order valence-electron chi connectivity index (χ0n) is 8.22. The minimum atomic E-state index is 0.494. The molecule has 1 saturated carbocycles. The van der Waals surface area contributed by atoms with E-state index < -0.39 is 0 Å². The van der Waals surface area contributed by atoms with Gasteiger partial charge in [-0.2, -0.15) is 0 Å². The Hall–Kier alpha value is -0.260. The molecule has 1 aliphatic rings. The lowest BCUT2D eigenvalue weighted by Crippen LogP contribution is -2.15. The molecule has 0 aromatic rings. The predicted molar refractivity (Wildman–Crippen MR) is 50.5 cm³/mol. The molecular weight excluding hydrogens is 132 g/mol. The summed E-state index contributed by atoms with van der Waals surface area (Å²) in [5, 5.41) is 0. The third-order valence-electron chi connectivity index (χ3n) is 3.22.